The molecule has 0 radical (unpaired) electrons. The zero-order valence-corrected chi connectivity index (χ0v) is 21.1. The van der Waals surface area contributed by atoms with Crippen LogP contribution < -0.4 is 4.74 Å². The number of aryl methyl sites for hydroxylation is 1. The number of nitrogens with zero attached hydrogens (tertiary/aromatic N) is 4. The maximum Gasteiger partial charge on any atom is 0.274 e. The molecule has 1 N–H and O–H groups in total. The number of hydrogen-bond donors (Lipinski definition) is 1. The number of methoxy groups -OCH3 is 1. The number of carbonyl (C=O) groups excluding carboxylic acids is 1. The molecule has 1 amide bonds. The van der Waals surface area contributed by atoms with Crippen molar-refractivity contribution in [1.29, 1.82) is 0 Å². The highest BCUT2D eigenvalue weighted by Gasteiger charge is 2.32. The van der Waals surface area contributed by atoms with Crippen LogP contribution in [0.4, 0.5) is 0 Å². The van der Waals surface area contributed by atoms with Crippen LogP contribution in [0.2, 0.25) is 0 Å². The smallest absolute Gasteiger partial charge is 0.274 e. The Morgan fingerprint density at radius 1 is 1.11 bits per heavy atom. The Kier molecular flexibility index (Phi) is 7.68. The molecule has 1 atom stereocenters. The van der Waals surface area contributed by atoms with E-state index in [1.165, 1.54) is 5.56 Å². The lowest BCUT2D eigenvalue weighted by molar-refractivity contribution is 0.0466. The molecule has 0 unspecified atom stereocenters. The molecule has 1 aromatic heterocycles. The minimum atomic E-state index is -0.452. The molecule has 0 spiro atoms. The number of aromatic nitrogens is 2. The molecule has 3 aromatic rings. The summed E-state index contributed by atoms with van der Waals surface area (Å²) < 4.78 is 7.41. The van der Waals surface area contributed by atoms with E-state index in [1.807, 2.05) is 22.9 Å². The van der Waals surface area contributed by atoms with Crippen molar-refractivity contribution >= 4 is 5.91 Å². The van der Waals surface area contributed by atoms with E-state index >= 15 is 0 Å². The van der Waals surface area contributed by atoms with Crippen molar-refractivity contribution in [3.8, 4) is 5.75 Å². The van der Waals surface area contributed by atoms with Gasteiger partial charge in [-0.25, -0.2) is 0 Å². The van der Waals surface area contributed by atoms with Crippen molar-refractivity contribution in [2.45, 2.75) is 51.3 Å². The maximum atomic E-state index is 13.6. The summed E-state index contributed by atoms with van der Waals surface area (Å²) >= 11 is 0. The third-order valence-electron chi connectivity index (χ3n) is 7.35. The lowest BCUT2D eigenvalue weighted by Crippen LogP contribution is -2.43. The van der Waals surface area contributed by atoms with Gasteiger partial charge in [-0.2, -0.15) is 5.10 Å². The number of hydrogen-bond acceptors (Lipinski definition) is 5. The topological polar surface area (TPSA) is 70.8 Å². The van der Waals surface area contributed by atoms with Crippen LogP contribution >= 0.6 is 0 Å². The Morgan fingerprint density at radius 2 is 1.94 bits per heavy atom. The van der Waals surface area contributed by atoms with Gasteiger partial charge in [-0.15, -0.1) is 0 Å². The summed E-state index contributed by atoms with van der Waals surface area (Å²) in [5.74, 6) is 0.761. The van der Waals surface area contributed by atoms with Crippen LogP contribution in [0.3, 0.4) is 0 Å². The van der Waals surface area contributed by atoms with Gasteiger partial charge in [-0.1, -0.05) is 42.5 Å². The fourth-order valence-electron chi connectivity index (χ4n) is 5.42. The van der Waals surface area contributed by atoms with Crippen molar-refractivity contribution in [3.63, 3.8) is 0 Å². The predicted octanol–water partition coefficient (Wildman–Crippen LogP) is 3.53. The van der Waals surface area contributed by atoms with Gasteiger partial charge in [0, 0.05) is 43.9 Å². The number of β-amino-alcohol motifs (C(OH)–C–C–N with tert-alkyl or cyclic N) is 1. The molecule has 0 aliphatic carbocycles. The quantitative estimate of drug-likeness (QED) is 0.525. The average molecular weight is 489 g/mol. The maximum absolute atomic E-state index is 13.6. The number of amides is 1. The summed E-state index contributed by atoms with van der Waals surface area (Å²) in [6.45, 7) is 4.35. The van der Waals surface area contributed by atoms with Crippen LogP contribution in [0.25, 0.3) is 0 Å². The molecular formula is C29H36N4O3. The third kappa shape index (κ3) is 5.63. The number of fused-ring (bicyclic) bond motifs is 1. The van der Waals surface area contributed by atoms with Gasteiger partial charge in [0.05, 0.1) is 19.8 Å². The summed E-state index contributed by atoms with van der Waals surface area (Å²) in [4.78, 5) is 17.8. The molecule has 2 aromatic carbocycles. The number of carbonyl (C=O) groups is 1. The average Bonchev–Trinajstić information content (AvgIpc) is 3.26. The summed E-state index contributed by atoms with van der Waals surface area (Å²) in [5, 5.41) is 15.0. The van der Waals surface area contributed by atoms with Gasteiger partial charge in [-0.3, -0.25) is 14.4 Å². The number of rotatable bonds is 8. The van der Waals surface area contributed by atoms with Crippen LogP contribution in [0.15, 0.2) is 54.6 Å². The van der Waals surface area contributed by atoms with E-state index < -0.39 is 6.10 Å². The van der Waals surface area contributed by atoms with Crippen LogP contribution in [-0.2, 0) is 25.9 Å². The van der Waals surface area contributed by atoms with E-state index in [2.05, 4.69) is 41.3 Å². The molecule has 5 rings (SSSR count). The van der Waals surface area contributed by atoms with E-state index in [4.69, 9.17) is 9.84 Å². The molecule has 190 valence electrons. The summed E-state index contributed by atoms with van der Waals surface area (Å²) in [6, 6.07) is 18.6. The van der Waals surface area contributed by atoms with Gasteiger partial charge in [0.25, 0.3) is 5.91 Å². The Labute approximate surface area is 213 Å². The van der Waals surface area contributed by atoms with E-state index in [0.717, 1.165) is 74.3 Å². The van der Waals surface area contributed by atoms with Crippen molar-refractivity contribution < 1.29 is 14.6 Å². The molecule has 1 fully saturated rings. The fourth-order valence-corrected chi connectivity index (χ4v) is 5.42. The first kappa shape index (κ1) is 24.5. The Bertz CT molecular complexity index is 1180. The van der Waals surface area contributed by atoms with Gasteiger partial charge in [0.1, 0.15) is 5.75 Å². The third-order valence-corrected chi connectivity index (χ3v) is 7.35. The van der Waals surface area contributed by atoms with Crippen LogP contribution in [0.5, 0.6) is 5.75 Å². The minimum Gasteiger partial charge on any atom is -0.497 e. The van der Waals surface area contributed by atoms with Crippen molar-refractivity contribution in [1.82, 2.24) is 19.6 Å². The Balaban J connectivity index is 1.36. The lowest BCUT2D eigenvalue weighted by atomic mass is 10.0. The SMILES string of the molecule is COc1cccc(Cn2nc(C(=O)N3CCC[C@H](O)C3)c3c2CCN(CCCc2ccccc2)C3)c1. The summed E-state index contributed by atoms with van der Waals surface area (Å²) in [7, 11) is 1.67. The van der Waals surface area contributed by atoms with Crippen molar-refractivity contribution in [3.05, 3.63) is 82.7 Å². The lowest BCUT2D eigenvalue weighted by Gasteiger charge is -2.31. The second-order valence-electron chi connectivity index (χ2n) is 9.95. The molecular weight excluding hydrogens is 452 g/mol. The molecule has 0 saturated carbocycles. The van der Waals surface area contributed by atoms with Gasteiger partial charge in [0.15, 0.2) is 5.69 Å². The van der Waals surface area contributed by atoms with Gasteiger partial charge in [-0.05, 0) is 55.5 Å². The zero-order valence-electron chi connectivity index (χ0n) is 21.1. The molecule has 36 heavy (non-hydrogen) atoms. The summed E-state index contributed by atoms with van der Waals surface area (Å²) in [6.07, 6.45) is 4.13. The first-order chi connectivity index (χ1) is 17.6. The second kappa shape index (κ2) is 11.3. The molecule has 7 heteroatoms. The fraction of sp³-hybridized carbons (Fsp3) is 0.448. The number of benzene rings is 2. The van der Waals surface area contributed by atoms with Crippen LogP contribution in [0, 0.1) is 0 Å². The Morgan fingerprint density at radius 3 is 2.75 bits per heavy atom. The van der Waals surface area contributed by atoms with E-state index in [0.29, 0.717) is 25.3 Å². The van der Waals surface area contributed by atoms with Crippen LogP contribution in [-0.4, -0.2) is 70.0 Å². The van der Waals surface area contributed by atoms with E-state index in [9.17, 15) is 9.90 Å². The first-order valence-corrected chi connectivity index (χ1v) is 13.1. The van der Waals surface area contributed by atoms with Gasteiger partial charge in [0.2, 0.25) is 0 Å². The molecule has 2 aliphatic heterocycles. The first-order valence-electron chi connectivity index (χ1n) is 13.1. The molecule has 3 heterocycles. The van der Waals surface area contributed by atoms with Gasteiger partial charge < -0.3 is 14.7 Å². The monoisotopic (exact) mass is 488 g/mol. The highest BCUT2D eigenvalue weighted by Crippen LogP contribution is 2.26. The molecule has 7 nitrogen and oxygen atoms in total. The largest absolute Gasteiger partial charge is 0.497 e. The Hall–Kier alpha value is -3.16. The zero-order chi connectivity index (χ0) is 24.9. The number of aliphatic hydroxyl groups is 1. The number of aliphatic hydroxyl groups excluding tert-OH is 1. The minimum absolute atomic E-state index is 0.0551. The molecule has 2 aliphatic rings. The predicted molar refractivity (Wildman–Crippen MR) is 139 cm³/mol. The van der Waals surface area contributed by atoms with Gasteiger partial charge >= 0.3 is 0 Å². The highest BCUT2D eigenvalue weighted by molar-refractivity contribution is 5.94. The summed E-state index contributed by atoms with van der Waals surface area (Å²) in [5.41, 5.74) is 5.21. The van der Waals surface area contributed by atoms with E-state index in [1.54, 1.807) is 12.0 Å². The van der Waals surface area contributed by atoms with Crippen LogP contribution in [0.1, 0.15) is 52.1 Å². The van der Waals surface area contributed by atoms with E-state index in [-0.39, 0.29) is 5.91 Å². The second-order valence-corrected chi connectivity index (χ2v) is 9.95. The molecule has 0 bridgehead atoms. The highest BCUT2D eigenvalue weighted by atomic mass is 16.5. The standard InChI is InChI=1S/C29H36N4O3/c1-36-25-13-5-10-23(18-25)19-33-27-14-17-31(15-6-11-22-8-3-2-4-9-22)21-26(27)28(30-33)29(35)32-16-7-12-24(34)20-32/h2-5,8-10,13,18,24,34H,6-7,11-12,14-17,19-21H2,1H3/t24-/m0/s1. The number of ether oxygens (including phenoxy) is 1. The molecule has 1 saturated heterocycles. The normalized spacial score (nSPS) is 18.2. The van der Waals surface area contributed by atoms with Crippen molar-refractivity contribution in [2.24, 2.45) is 0 Å². The van der Waals surface area contributed by atoms with Crippen molar-refractivity contribution in [2.75, 3.05) is 33.3 Å². The number of likely N-dealkylation sites (tertiary alicyclic amines) is 1. The number of piperidine rings is 1.